The minimum Gasteiger partial charge on any atom is -0.490 e. The Labute approximate surface area is 165 Å². The fourth-order valence-corrected chi connectivity index (χ4v) is 4.03. The summed E-state index contributed by atoms with van der Waals surface area (Å²) in [6.45, 7) is 2.12. The van der Waals surface area contributed by atoms with Crippen LogP contribution < -0.4 is 15.8 Å². The van der Waals surface area contributed by atoms with Crippen molar-refractivity contribution in [1.29, 1.82) is 0 Å². The molecule has 3 N–H and O–H groups in total. The Morgan fingerprint density at radius 1 is 1.18 bits per heavy atom. The van der Waals surface area contributed by atoms with Crippen molar-refractivity contribution in [2.75, 3.05) is 12.3 Å². The Morgan fingerprint density at radius 2 is 1.96 bits per heavy atom. The molecule has 0 aliphatic heterocycles. The first-order valence-electron chi connectivity index (χ1n) is 10.3. The fraction of sp³-hybridized carbons (Fsp3) is 0.545. The van der Waals surface area contributed by atoms with Crippen LogP contribution in [0.2, 0.25) is 0 Å². The summed E-state index contributed by atoms with van der Waals surface area (Å²) in [7, 11) is 0. The minimum atomic E-state index is -0.000426. The van der Waals surface area contributed by atoms with Crippen molar-refractivity contribution in [1.82, 2.24) is 10.3 Å². The predicted octanol–water partition coefficient (Wildman–Crippen LogP) is 3.50. The zero-order valence-corrected chi connectivity index (χ0v) is 16.4. The molecule has 6 nitrogen and oxygen atoms in total. The highest BCUT2D eigenvalue weighted by Crippen LogP contribution is 2.33. The van der Waals surface area contributed by atoms with Crippen molar-refractivity contribution in [2.24, 2.45) is 0 Å². The van der Waals surface area contributed by atoms with E-state index in [1.807, 2.05) is 31.2 Å². The van der Waals surface area contributed by atoms with Crippen LogP contribution in [0.4, 0.5) is 5.69 Å². The van der Waals surface area contributed by atoms with Crippen LogP contribution in [-0.2, 0) is 9.53 Å². The highest BCUT2D eigenvalue weighted by molar-refractivity contribution is 5.95. The van der Waals surface area contributed by atoms with Gasteiger partial charge in [0.15, 0.2) is 0 Å². The molecule has 0 bridgehead atoms. The van der Waals surface area contributed by atoms with Crippen LogP contribution >= 0.6 is 0 Å². The summed E-state index contributed by atoms with van der Waals surface area (Å²) in [6, 6.07) is 7.97. The van der Waals surface area contributed by atoms with E-state index in [2.05, 4.69) is 10.3 Å². The molecule has 0 saturated heterocycles. The Kier molecular flexibility index (Phi) is 5.67. The number of nitrogen functional groups attached to an aromatic ring is 1. The molecule has 4 rings (SSSR count). The van der Waals surface area contributed by atoms with Gasteiger partial charge in [-0.3, -0.25) is 9.78 Å². The first-order chi connectivity index (χ1) is 13.6. The van der Waals surface area contributed by atoms with Gasteiger partial charge in [0.05, 0.1) is 23.1 Å². The molecule has 2 saturated carbocycles. The highest BCUT2D eigenvalue weighted by Gasteiger charge is 2.25. The second kappa shape index (κ2) is 8.35. The van der Waals surface area contributed by atoms with Crippen molar-refractivity contribution >= 4 is 22.5 Å². The van der Waals surface area contributed by atoms with E-state index in [9.17, 15) is 4.79 Å². The molecule has 6 heteroatoms. The number of aryl methyl sites for hydroxylation is 1. The maximum absolute atomic E-state index is 12.1. The van der Waals surface area contributed by atoms with Gasteiger partial charge in [0, 0.05) is 17.4 Å². The van der Waals surface area contributed by atoms with Gasteiger partial charge >= 0.3 is 0 Å². The van der Waals surface area contributed by atoms with E-state index in [1.54, 1.807) is 0 Å². The van der Waals surface area contributed by atoms with Gasteiger partial charge in [-0.15, -0.1) is 0 Å². The van der Waals surface area contributed by atoms with Gasteiger partial charge in [0.25, 0.3) is 0 Å². The summed E-state index contributed by atoms with van der Waals surface area (Å²) in [5.74, 6) is 0.795. The third kappa shape index (κ3) is 4.38. The number of nitrogens with one attached hydrogen (secondary N) is 1. The van der Waals surface area contributed by atoms with Gasteiger partial charge in [0.1, 0.15) is 12.4 Å². The van der Waals surface area contributed by atoms with Gasteiger partial charge in [-0.2, -0.15) is 0 Å². The number of carbonyl (C=O) groups is 1. The average molecular weight is 383 g/mol. The molecule has 0 atom stereocenters. The largest absolute Gasteiger partial charge is 0.490 e. The Balaban J connectivity index is 1.30. The molecule has 2 fully saturated rings. The van der Waals surface area contributed by atoms with E-state index in [0.29, 0.717) is 11.8 Å². The van der Waals surface area contributed by atoms with Crippen LogP contribution in [0.25, 0.3) is 10.9 Å². The lowest BCUT2D eigenvalue weighted by molar-refractivity contribution is -0.130. The van der Waals surface area contributed by atoms with Gasteiger partial charge in [-0.25, -0.2) is 0 Å². The second-order valence-electron chi connectivity index (χ2n) is 8.03. The Bertz CT molecular complexity index is 842. The lowest BCUT2D eigenvalue weighted by Gasteiger charge is -2.30. The SMILES string of the molecule is Cc1cc(N)c2c(O[C@H]3CC[C@H](NC(=O)COC4CCC4)CC3)cccc2n1. The van der Waals surface area contributed by atoms with E-state index >= 15 is 0 Å². The van der Waals surface area contributed by atoms with Crippen molar-refractivity contribution in [3.63, 3.8) is 0 Å². The molecule has 2 aliphatic rings. The second-order valence-corrected chi connectivity index (χ2v) is 8.03. The Morgan fingerprint density at radius 3 is 2.68 bits per heavy atom. The molecule has 150 valence electrons. The van der Waals surface area contributed by atoms with Gasteiger partial charge < -0.3 is 20.5 Å². The molecule has 0 unspecified atom stereocenters. The number of amides is 1. The third-order valence-electron chi connectivity index (χ3n) is 5.79. The van der Waals surface area contributed by atoms with Crippen LogP contribution in [0.1, 0.15) is 50.6 Å². The van der Waals surface area contributed by atoms with E-state index < -0.39 is 0 Å². The number of aromatic nitrogens is 1. The first kappa shape index (κ1) is 19.0. The smallest absolute Gasteiger partial charge is 0.246 e. The molecule has 2 aromatic rings. The van der Waals surface area contributed by atoms with E-state index in [4.69, 9.17) is 15.2 Å². The standard InChI is InChI=1S/C22H29N3O3/c1-14-12-18(23)22-19(24-14)6-3-7-20(22)28-17-10-8-15(9-11-17)25-21(26)13-27-16-4-2-5-16/h3,6-7,12,15-17H,2,4-5,8-11,13H2,1H3,(H2,23,24)(H,25,26)/t15-,17-. The van der Waals surface area contributed by atoms with Crippen molar-refractivity contribution in [2.45, 2.75) is 70.1 Å². The van der Waals surface area contributed by atoms with Crippen molar-refractivity contribution in [3.8, 4) is 5.75 Å². The topological polar surface area (TPSA) is 86.5 Å². The number of ether oxygens (including phenoxy) is 2. The van der Waals surface area contributed by atoms with E-state index in [0.717, 1.165) is 60.9 Å². The van der Waals surface area contributed by atoms with Crippen molar-refractivity contribution in [3.05, 3.63) is 30.0 Å². The van der Waals surface area contributed by atoms with Crippen molar-refractivity contribution < 1.29 is 14.3 Å². The molecule has 0 spiro atoms. The van der Waals surface area contributed by atoms with Crippen LogP contribution in [0, 0.1) is 6.92 Å². The number of hydrogen-bond donors (Lipinski definition) is 2. The molecule has 1 amide bonds. The fourth-order valence-electron chi connectivity index (χ4n) is 4.03. The van der Waals surface area contributed by atoms with E-state index in [1.165, 1.54) is 6.42 Å². The zero-order valence-electron chi connectivity index (χ0n) is 16.4. The number of benzene rings is 1. The summed E-state index contributed by atoms with van der Waals surface area (Å²) < 4.78 is 11.9. The number of carbonyl (C=O) groups excluding carboxylic acids is 1. The molecular formula is C22H29N3O3. The first-order valence-corrected chi connectivity index (χ1v) is 10.3. The Hall–Kier alpha value is -2.34. The molecular weight excluding hydrogens is 354 g/mol. The summed E-state index contributed by atoms with van der Waals surface area (Å²) in [6.07, 6.45) is 7.46. The zero-order chi connectivity index (χ0) is 19.5. The number of fused-ring (bicyclic) bond motifs is 1. The minimum absolute atomic E-state index is 0.000426. The van der Waals surface area contributed by atoms with Crippen LogP contribution in [0.15, 0.2) is 24.3 Å². The lowest BCUT2D eigenvalue weighted by atomic mass is 9.93. The molecule has 1 aromatic heterocycles. The lowest BCUT2D eigenvalue weighted by Crippen LogP contribution is -2.42. The summed E-state index contributed by atoms with van der Waals surface area (Å²) >= 11 is 0. The monoisotopic (exact) mass is 383 g/mol. The number of pyridine rings is 1. The molecule has 28 heavy (non-hydrogen) atoms. The van der Waals surface area contributed by atoms with Gasteiger partial charge in [-0.05, 0) is 70.1 Å². The molecule has 0 radical (unpaired) electrons. The number of nitrogens with two attached hydrogens (primary N) is 1. The normalized spacial score (nSPS) is 22.6. The number of hydrogen-bond acceptors (Lipinski definition) is 5. The number of rotatable bonds is 6. The molecule has 1 aromatic carbocycles. The quantitative estimate of drug-likeness (QED) is 0.797. The number of anilines is 1. The molecule has 2 aliphatic carbocycles. The van der Waals surface area contributed by atoms with Gasteiger partial charge in [0.2, 0.25) is 5.91 Å². The van der Waals surface area contributed by atoms with Gasteiger partial charge in [-0.1, -0.05) is 6.07 Å². The molecule has 1 heterocycles. The summed E-state index contributed by atoms with van der Waals surface area (Å²) in [5.41, 5.74) is 8.69. The van der Waals surface area contributed by atoms with E-state index in [-0.39, 0.29) is 24.7 Å². The third-order valence-corrected chi connectivity index (χ3v) is 5.79. The van der Waals surface area contributed by atoms with Crippen LogP contribution in [0.3, 0.4) is 0 Å². The van der Waals surface area contributed by atoms with Crippen LogP contribution in [-0.4, -0.2) is 35.7 Å². The van der Waals surface area contributed by atoms with Crippen LogP contribution in [0.5, 0.6) is 5.75 Å². The highest BCUT2D eigenvalue weighted by atomic mass is 16.5. The average Bonchev–Trinajstić information content (AvgIpc) is 2.61. The summed E-state index contributed by atoms with van der Waals surface area (Å²) in [4.78, 5) is 16.6. The maximum Gasteiger partial charge on any atom is 0.246 e. The predicted molar refractivity (Wildman–Crippen MR) is 109 cm³/mol. The summed E-state index contributed by atoms with van der Waals surface area (Å²) in [5, 5.41) is 3.99. The maximum atomic E-state index is 12.1. The number of nitrogens with zero attached hydrogens (tertiary/aromatic N) is 1.